The van der Waals surface area contributed by atoms with Crippen molar-refractivity contribution in [2.75, 3.05) is 6.61 Å². The topological polar surface area (TPSA) is 9.23 Å². The zero-order valence-corrected chi connectivity index (χ0v) is 7.95. The molecule has 0 amide bonds. The van der Waals surface area contributed by atoms with Gasteiger partial charge in [-0.3, -0.25) is 0 Å². The summed E-state index contributed by atoms with van der Waals surface area (Å²) in [5, 5.41) is 0. The van der Waals surface area contributed by atoms with Gasteiger partial charge in [0.2, 0.25) is 0 Å². The van der Waals surface area contributed by atoms with Crippen LogP contribution in [0.15, 0.2) is 0 Å². The Morgan fingerprint density at radius 3 is 2.29 bits per heavy atom. The van der Waals surface area contributed by atoms with Crippen molar-refractivity contribution >= 4 is 9.76 Å². The van der Waals surface area contributed by atoms with E-state index < -0.39 is 0 Å². The van der Waals surface area contributed by atoms with Gasteiger partial charge in [0.15, 0.2) is 9.76 Å². The predicted molar refractivity (Wildman–Crippen MR) is 28.5 cm³/mol. The number of rotatable bonds is 0. The molecule has 1 nitrogen and oxygen atoms in total. The molecule has 0 aromatic rings. The summed E-state index contributed by atoms with van der Waals surface area (Å²) in [6, 6.07) is 1.42. The Kier molecular flexibility index (Phi) is 5.63. The van der Waals surface area contributed by atoms with Crippen LogP contribution < -0.4 is 0 Å². The smallest absolute Gasteiger partial charge is 0.161 e. The first-order valence-corrected chi connectivity index (χ1v) is 4.15. The summed E-state index contributed by atoms with van der Waals surface area (Å²) in [6.45, 7) is 1.06. The van der Waals surface area contributed by atoms with Gasteiger partial charge in [-0.15, -0.1) is 0 Å². The maximum Gasteiger partial charge on any atom is 0.161 e. The van der Waals surface area contributed by atoms with Crippen LogP contribution in [0, 0.1) is 0 Å². The monoisotopic (exact) mass is 297 g/mol. The van der Waals surface area contributed by atoms with Gasteiger partial charge in [-0.2, -0.15) is 0 Å². The summed E-state index contributed by atoms with van der Waals surface area (Å²) in [7, 11) is 0.00849. The molecule has 0 bridgehead atoms. The quantitative estimate of drug-likeness (QED) is 0.584. The number of hydrogen-bond donors (Lipinski definition) is 0. The van der Waals surface area contributed by atoms with Gasteiger partial charge in [0.25, 0.3) is 0 Å². The summed E-state index contributed by atoms with van der Waals surface area (Å²) in [4.78, 5) is 0. The Labute approximate surface area is 61.0 Å². The Balaban J connectivity index is 0.000000360. The molecule has 0 N–H and O–H groups in total. The molecule has 0 aromatic heterocycles. The third-order valence-electron chi connectivity index (χ3n) is 1.08. The van der Waals surface area contributed by atoms with Crippen molar-refractivity contribution in [2.45, 2.75) is 18.9 Å². The fraction of sp³-hybridized carbons (Fsp3) is 1.00. The molecule has 0 aromatic carbocycles. The second kappa shape index (κ2) is 5.01. The molecule has 1 saturated heterocycles. The van der Waals surface area contributed by atoms with E-state index in [0.29, 0.717) is 0 Å². The largest absolute Gasteiger partial charge is 0.424 e. The molecule has 0 radical (unpaired) electrons. The van der Waals surface area contributed by atoms with Crippen molar-refractivity contribution in [3.8, 4) is 0 Å². The minimum absolute atomic E-state index is 0. The van der Waals surface area contributed by atoms with Crippen LogP contribution in [0.3, 0.4) is 0 Å². The van der Waals surface area contributed by atoms with E-state index >= 15 is 0 Å². The third-order valence-corrected chi connectivity index (χ3v) is 2.44. The molecule has 1 aliphatic rings. The van der Waals surface area contributed by atoms with E-state index in [-0.39, 0.29) is 30.8 Å². The Hall–Kier alpha value is 0.865. The zero-order chi connectivity index (χ0) is 4.24. The van der Waals surface area contributed by atoms with Gasteiger partial charge in [0, 0.05) is 27.7 Å². The van der Waals surface area contributed by atoms with E-state index in [4.69, 9.17) is 4.43 Å². The van der Waals surface area contributed by atoms with Gasteiger partial charge in [0.1, 0.15) is 0 Å². The Morgan fingerprint density at radius 2 is 2.14 bits per heavy atom. The molecule has 1 fully saturated rings. The van der Waals surface area contributed by atoms with E-state index in [1.807, 2.05) is 0 Å². The first kappa shape index (κ1) is 7.87. The normalized spacial score (nSPS) is 24.0. The van der Waals surface area contributed by atoms with Crippen LogP contribution in [0.2, 0.25) is 6.04 Å². The van der Waals surface area contributed by atoms with E-state index in [0.717, 1.165) is 6.61 Å². The fourth-order valence-electron chi connectivity index (χ4n) is 0.687. The van der Waals surface area contributed by atoms with E-state index in [1.165, 1.54) is 18.9 Å². The molecule has 0 spiro atoms. The summed E-state index contributed by atoms with van der Waals surface area (Å²) in [6.07, 6.45) is 2.75. The summed E-state index contributed by atoms with van der Waals surface area (Å²) in [5.41, 5.74) is 0. The van der Waals surface area contributed by atoms with Gasteiger partial charge < -0.3 is 4.43 Å². The van der Waals surface area contributed by atoms with Crippen LogP contribution in [0.25, 0.3) is 0 Å². The molecule has 0 aliphatic carbocycles. The van der Waals surface area contributed by atoms with Gasteiger partial charge in [-0.1, -0.05) is 6.42 Å². The van der Waals surface area contributed by atoms with Crippen molar-refractivity contribution in [1.29, 1.82) is 0 Å². The maximum absolute atomic E-state index is 5.21. The second-order valence-electron chi connectivity index (χ2n) is 1.67. The molecular formula is C4H10OPtSi. The van der Waals surface area contributed by atoms with Crippen molar-refractivity contribution in [1.82, 2.24) is 0 Å². The van der Waals surface area contributed by atoms with Gasteiger partial charge in [0.05, 0.1) is 0 Å². The van der Waals surface area contributed by atoms with Crippen LogP contribution in [-0.4, -0.2) is 16.4 Å². The molecule has 1 heterocycles. The van der Waals surface area contributed by atoms with Gasteiger partial charge in [-0.25, -0.2) is 0 Å². The summed E-state index contributed by atoms with van der Waals surface area (Å²) >= 11 is 0. The standard InChI is InChI=1S/C4H10OSi.Pt/c1-2-4-6-5-3-1;/h1-4,6H2;. The van der Waals surface area contributed by atoms with E-state index in [2.05, 4.69) is 0 Å². The van der Waals surface area contributed by atoms with Crippen LogP contribution in [0.4, 0.5) is 0 Å². The SMILES string of the molecule is C1CC[SiH2]OC1.[Pt]. The molecular weight excluding hydrogens is 287 g/mol. The average molecular weight is 297 g/mol. The van der Waals surface area contributed by atoms with Gasteiger partial charge >= 0.3 is 0 Å². The fourth-order valence-corrected chi connectivity index (χ4v) is 1.86. The van der Waals surface area contributed by atoms with E-state index in [9.17, 15) is 0 Å². The zero-order valence-electron chi connectivity index (χ0n) is 4.26. The van der Waals surface area contributed by atoms with Gasteiger partial charge in [-0.05, 0) is 12.5 Å². The summed E-state index contributed by atoms with van der Waals surface area (Å²) in [5.74, 6) is 0. The first-order chi connectivity index (χ1) is 3.00. The van der Waals surface area contributed by atoms with Crippen LogP contribution in [0.1, 0.15) is 12.8 Å². The molecule has 46 valence electrons. The van der Waals surface area contributed by atoms with Crippen molar-refractivity contribution in [2.24, 2.45) is 0 Å². The summed E-state index contributed by atoms with van der Waals surface area (Å²) < 4.78 is 5.21. The third kappa shape index (κ3) is 3.45. The minimum Gasteiger partial charge on any atom is -0.424 e. The predicted octanol–water partition coefficient (Wildman–Crippen LogP) is 0.296. The number of hydrogen-bond acceptors (Lipinski definition) is 1. The maximum atomic E-state index is 5.21. The van der Waals surface area contributed by atoms with Crippen LogP contribution in [-0.2, 0) is 25.5 Å². The Bertz CT molecular complexity index is 27.2. The molecule has 1 rings (SSSR count). The molecule has 7 heavy (non-hydrogen) atoms. The Morgan fingerprint density at radius 1 is 1.29 bits per heavy atom. The second-order valence-corrected chi connectivity index (χ2v) is 3.20. The molecule has 0 saturated carbocycles. The van der Waals surface area contributed by atoms with Crippen LogP contribution >= 0.6 is 0 Å². The molecule has 3 heteroatoms. The van der Waals surface area contributed by atoms with E-state index in [1.54, 1.807) is 0 Å². The molecule has 0 atom stereocenters. The molecule has 0 unspecified atom stereocenters. The van der Waals surface area contributed by atoms with Crippen LogP contribution in [0.5, 0.6) is 0 Å². The van der Waals surface area contributed by atoms with Crippen molar-refractivity contribution in [3.05, 3.63) is 0 Å². The average Bonchev–Trinajstić information content (AvgIpc) is 1.72. The first-order valence-electron chi connectivity index (χ1n) is 2.58. The molecule has 1 aliphatic heterocycles. The minimum atomic E-state index is 0. The van der Waals surface area contributed by atoms with Crippen molar-refractivity contribution < 1.29 is 25.5 Å². The van der Waals surface area contributed by atoms with Crippen molar-refractivity contribution in [3.63, 3.8) is 0 Å².